The molecule has 0 unspecified atom stereocenters. The van der Waals surface area contributed by atoms with Crippen molar-refractivity contribution in [2.24, 2.45) is 0 Å². The van der Waals surface area contributed by atoms with Gasteiger partial charge >= 0.3 is 5.97 Å². The van der Waals surface area contributed by atoms with E-state index in [2.05, 4.69) is 11.1 Å². The Morgan fingerprint density at radius 3 is 2.77 bits per heavy atom. The number of carbonyl (C=O) groups excluding carboxylic acids is 1. The Morgan fingerprint density at radius 1 is 1.23 bits per heavy atom. The number of nitrogens with zero attached hydrogens (tertiary/aromatic N) is 2. The van der Waals surface area contributed by atoms with Crippen LogP contribution in [0.4, 0.5) is 0 Å². The van der Waals surface area contributed by atoms with Gasteiger partial charge in [-0.15, -0.1) is 11.3 Å². The third-order valence-electron chi connectivity index (χ3n) is 6.12. The lowest BCUT2D eigenvalue weighted by atomic mass is 9.97. The van der Waals surface area contributed by atoms with Gasteiger partial charge in [0, 0.05) is 35.2 Å². The average molecular weight is 531 g/mol. The zero-order valence-corrected chi connectivity index (χ0v) is 21.5. The van der Waals surface area contributed by atoms with Crippen molar-refractivity contribution < 1.29 is 19.8 Å². The number of rotatable bonds is 11. The second kappa shape index (κ2) is 12.0. The summed E-state index contributed by atoms with van der Waals surface area (Å²) in [4.78, 5) is 29.4. The topological polar surface area (TPSA) is 90.7 Å². The maximum Gasteiger partial charge on any atom is 0.355 e. The van der Waals surface area contributed by atoms with Crippen molar-refractivity contribution in [3.8, 4) is 11.1 Å². The van der Waals surface area contributed by atoms with E-state index in [0.29, 0.717) is 40.9 Å². The minimum absolute atomic E-state index is 0.0558. The molecule has 1 fully saturated rings. The monoisotopic (exact) mass is 530 g/mol. The molecule has 9 heteroatoms. The Labute approximate surface area is 218 Å². The molecule has 1 aliphatic heterocycles. The fraction of sp³-hybridized carbons (Fsp3) is 0.346. The van der Waals surface area contributed by atoms with E-state index in [1.54, 1.807) is 0 Å². The number of amides is 1. The summed E-state index contributed by atoms with van der Waals surface area (Å²) in [6.07, 6.45) is 2.81. The summed E-state index contributed by atoms with van der Waals surface area (Å²) in [5, 5.41) is 21.9. The standard InChI is InChI=1S/C26H27ClN2O4S2/c27-20-6-4-18(5-7-20)19-3-1-2-17(14-19)15-22(30)10-8-21-9-11-24(31)29(21)12-13-34-26-28-23(16-35-26)25(32)33/h1-7,14,16,21-22,30H,8-13,15H2,(H,32,33)/t21-,22+/m0/s1. The highest BCUT2D eigenvalue weighted by Gasteiger charge is 2.30. The Hall–Kier alpha value is -2.39. The summed E-state index contributed by atoms with van der Waals surface area (Å²) < 4.78 is 0.696. The first kappa shape index (κ1) is 25.7. The zero-order chi connectivity index (χ0) is 24.8. The van der Waals surface area contributed by atoms with Crippen molar-refractivity contribution in [2.75, 3.05) is 12.3 Å². The number of carboxylic acids is 1. The maximum absolute atomic E-state index is 12.4. The summed E-state index contributed by atoms with van der Waals surface area (Å²) in [7, 11) is 0. The molecule has 1 saturated heterocycles. The molecule has 1 aromatic heterocycles. The van der Waals surface area contributed by atoms with Gasteiger partial charge in [0.1, 0.15) is 0 Å². The quantitative estimate of drug-likeness (QED) is 0.312. The van der Waals surface area contributed by atoms with E-state index >= 15 is 0 Å². The molecule has 2 aromatic carbocycles. The van der Waals surface area contributed by atoms with Crippen LogP contribution in [0.15, 0.2) is 58.3 Å². The van der Waals surface area contributed by atoms with Gasteiger partial charge in [-0.3, -0.25) is 4.79 Å². The van der Waals surface area contributed by atoms with E-state index in [9.17, 15) is 14.7 Å². The highest BCUT2D eigenvalue weighted by atomic mass is 35.5. The van der Waals surface area contributed by atoms with Crippen LogP contribution in [0, 0.1) is 0 Å². The minimum atomic E-state index is -1.03. The Balaban J connectivity index is 1.26. The molecule has 35 heavy (non-hydrogen) atoms. The number of thiazole rings is 1. The van der Waals surface area contributed by atoms with Gasteiger partial charge in [0.2, 0.25) is 5.91 Å². The van der Waals surface area contributed by atoms with Gasteiger partial charge in [0.15, 0.2) is 10.0 Å². The summed E-state index contributed by atoms with van der Waals surface area (Å²) in [6, 6.07) is 16.0. The van der Waals surface area contributed by atoms with Crippen LogP contribution in [0.25, 0.3) is 11.1 Å². The van der Waals surface area contributed by atoms with Gasteiger partial charge in [-0.05, 0) is 54.5 Å². The number of halogens is 1. The van der Waals surface area contributed by atoms with Gasteiger partial charge in [-0.1, -0.05) is 59.8 Å². The molecule has 6 nitrogen and oxygen atoms in total. The predicted molar refractivity (Wildman–Crippen MR) is 140 cm³/mol. The van der Waals surface area contributed by atoms with Gasteiger partial charge in [0.05, 0.1) is 6.10 Å². The smallest absolute Gasteiger partial charge is 0.355 e. The number of benzene rings is 2. The molecule has 3 aromatic rings. The third kappa shape index (κ3) is 7.07. The number of hydrogen-bond donors (Lipinski definition) is 2. The van der Waals surface area contributed by atoms with Crippen LogP contribution >= 0.6 is 34.7 Å². The molecular weight excluding hydrogens is 504 g/mol. The largest absolute Gasteiger partial charge is 0.476 e. The van der Waals surface area contributed by atoms with Gasteiger partial charge in [-0.25, -0.2) is 9.78 Å². The number of likely N-dealkylation sites (tertiary alicyclic amines) is 1. The second-order valence-corrected chi connectivity index (χ2v) is 11.2. The van der Waals surface area contributed by atoms with E-state index < -0.39 is 12.1 Å². The first-order chi connectivity index (χ1) is 16.9. The molecule has 0 radical (unpaired) electrons. The van der Waals surface area contributed by atoms with Gasteiger partial charge < -0.3 is 15.1 Å². The first-order valence-corrected chi connectivity index (χ1v) is 13.8. The number of carboxylic acid groups (broad SMARTS) is 1. The van der Waals surface area contributed by atoms with E-state index in [0.717, 1.165) is 29.5 Å². The van der Waals surface area contributed by atoms with Crippen LogP contribution < -0.4 is 0 Å². The molecule has 1 aliphatic rings. The fourth-order valence-electron chi connectivity index (χ4n) is 4.33. The van der Waals surface area contributed by atoms with Crippen molar-refractivity contribution >= 4 is 46.6 Å². The Morgan fingerprint density at radius 2 is 2.03 bits per heavy atom. The van der Waals surface area contributed by atoms with Crippen molar-refractivity contribution in [3.05, 3.63) is 70.2 Å². The second-order valence-electron chi connectivity index (χ2n) is 8.57. The van der Waals surface area contributed by atoms with Crippen LogP contribution in [-0.2, 0) is 11.2 Å². The molecule has 184 valence electrons. The maximum atomic E-state index is 12.4. The van der Waals surface area contributed by atoms with Crippen molar-refractivity contribution in [1.82, 2.24) is 9.88 Å². The first-order valence-electron chi connectivity index (χ1n) is 11.5. The molecule has 0 saturated carbocycles. The number of aromatic carboxylic acids is 1. The van der Waals surface area contributed by atoms with Crippen LogP contribution in [0.5, 0.6) is 0 Å². The third-order valence-corrected chi connectivity index (χ3v) is 8.37. The SMILES string of the molecule is O=C(O)c1csc(SCCN2C(=O)CC[C@@H]2CC[C@@H](O)Cc2cccc(-c3ccc(Cl)cc3)c2)n1. The highest BCUT2D eigenvalue weighted by Crippen LogP contribution is 2.28. The van der Waals surface area contributed by atoms with Crippen molar-refractivity contribution in [2.45, 2.75) is 48.6 Å². The number of aliphatic hydroxyl groups excluding tert-OH is 1. The normalized spacial score (nSPS) is 16.6. The van der Waals surface area contributed by atoms with E-state index in [-0.39, 0.29) is 17.6 Å². The van der Waals surface area contributed by atoms with Crippen LogP contribution in [-0.4, -0.2) is 56.4 Å². The average Bonchev–Trinajstić information content (AvgIpc) is 3.46. The fourth-order valence-corrected chi connectivity index (χ4v) is 6.27. The van der Waals surface area contributed by atoms with Crippen LogP contribution in [0.2, 0.25) is 5.02 Å². The molecule has 4 rings (SSSR count). The molecule has 0 aliphatic carbocycles. The number of aliphatic hydroxyl groups is 1. The summed E-state index contributed by atoms with van der Waals surface area (Å²) in [5.41, 5.74) is 3.30. The molecule has 0 bridgehead atoms. The van der Waals surface area contributed by atoms with E-state index in [1.807, 2.05) is 47.4 Å². The zero-order valence-electron chi connectivity index (χ0n) is 19.1. The lowest BCUT2D eigenvalue weighted by Gasteiger charge is -2.25. The van der Waals surface area contributed by atoms with Gasteiger partial charge in [0.25, 0.3) is 0 Å². The Kier molecular flexibility index (Phi) is 8.83. The lowest BCUT2D eigenvalue weighted by Crippen LogP contribution is -2.35. The summed E-state index contributed by atoms with van der Waals surface area (Å²) >= 11 is 8.77. The number of hydrogen-bond acceptors (Lipinski definition) is 6. The molecule has 2 N–H and O–H groups in total. The number of carbonyl (C=O) groups is 2. The molecule has 2 heterocycles. The van der Waals surface area contributed by atoms with Crippen LogP contribution in [0.3, 0.4) is 0 Å². The predicted octanol–water partition coefficient (Wildman–Crippen LogP) is 5.63. The Bertz CT molecular complexity index is 1170. The van der Waals surface area contributed by atoms with Crippen LogP contribution in [0.1, 0.15) is 41.7 Å². The minimum Gasteiger partial charge on any atom is -0.476 e. The van der Waals surface area contributed by atoms with Crippen molar-refractivity contribution in [3.63, 3.8) is 0 Å². The molecule has 0 spiro atoms. The summed E-state index contributed by atoms with van der Waals surface area (Å²) in [5.74, 6) is -0.223. The summed E-state index contributed by atoms with van der Waals surface area (Å²) in [6.45, 7) is 0.593. The number of thioether (sulfide) groups is 1. The van der Waals surface area contributed by atoms with Gasteiger partial charge in [-0.2, -0.15) is 0 Å². The number of aromatic nitrogens is 1. The van der Waals surface area contributed by atoms with E-state index in [1.165, 1.54) is 28.5 Å². The molecule has 2 atom stereocenters. The highest BCUT2D eigenvalue weighted by molar-refractivity contribution is 8.01. The molecule has 1 amide bonds. The lowest BCUT2D eigenvalue weighted by molar-refractivity contribution is -0.128. The molecular formula is C26H27ClN2O4S2. The van der Waals surface area contributed by atoms with E-state index in [4.69, 9.17) is 16.7 Å². The van der Waals surface area contributed by atoms with Crippen molar-refractivity contribution in [1.29, 1.82) is 0 Å².